The number of carbonyl (C=O) groups excluding carboxylic acids is 1. The molecule has 0 spiro atoms. The first-order chi connectivity index (χ1) is 5.04. The van der Waals surface area contributed by atoms with E-state index in [0.717, 1.165) is 0 Å². The highest BCUT2D eigenvalue weighted by atomic mass is 16.1. The quantitative estimate of drug-likeness (QED) is 0.613. The van der Waals surface area contributed by atoms with Gasteiger partial charge in [-0.15, -0.1) is 0 Å². The predicted molar refractivity (Wildman–Crippen MR) is 44.0 cm³/mol. The number of hydrogen-bond acceptors (Lipinski definition) is 2. The van der Waals surface area contributed by atoms with Gasteiger partial charge >= 0.3 is 0 Å². The number of nitrogens with two attached hydrogens (primary N) is 1. The highest BCUT2D eigenvalue weighted by Crippen LogP contribution is 2.47. The summed E-state index contributed by atoms with van der Waals surface area (Å²) < 4.78 is 0. The van der Waals surface area contributed by atoms with Crippen LogP contribution in [0.25, 0.3) is 0 Å². The minimum atomic E-state index is -0.277. The van der Waals surface area contributed by atoms with Crippen LogP contribution in [0, 0.1) is 5.41 Å². The van der Waals surface area contributed by atoms with E-state index < -0.39 is 0 Å². The molecule has 1 saturated carbocycles. The standard InChI is InChI=1S/C8H16N2O/c1-6(8(2)3-4-8)10-5-7(9)11/h6,10H,3-5H2,1-2H3,(H2,9,11). The van der Waals surface area contributed by atoms with Crippen LogP contribution in [0.2, 0.25) is 0 Å². The van der Waals surface area contributed by atoms with Crippen LogP contribution in [0.4, 0.5) is 0 Å². The van der Waals surface area contributed by atoms with Crippen molar-refractivity contribution in [2.24, 2.45) is 11.1 Å². The largest absolute Gasteiger partial charge is 0.369 e. The van der Waals surface area contributed by atoms with Gasteiger partial charge in [0.05, 0.1) is 6.54 Å². The molecule has 0 bridgehead atoms. The molecule has 1 aliphatic rings. The van der Waals surface area contributed by atoms with E-state index in [0.29, 0.717) is 18.0 Å². The lowest BCUT2D eigenvalue weighted by Crippen LogP contribution is -2.39. The van der Waals surface area contributed by atoms with Gasteiger partial charge in [-0.2, -0.15) is 0 Å². The van der Waals surface area contributed by atoms with E-state index in [1.54, 1.807) is 0 Å². The SMILES string of the molecule is CC(NCC(N)=O)C1(C)CC1. The zero-order valence-electron chi connectivity index (χ0n) is 7.18. The van der Waals surface area contributed by atoms with Gasteiger partial charge in [0.15, 0.2) is 0 Å². The number of primary amides is 1. The maximum atomic E-state index is 10.4. The van der Waals surface area contributed by atoms with Crippen molar-refractivity contribution in [3.63, 3.8) is 0 Å². The Morgan fingerprint density at radius 1 is 1.73 bits per heavy atom. The van der Waals surface area contributed by atoms with Crippen LogP contribution < -0.4 is 11.1 Å². The summed E-state index contributed by atoms with van der Waals surface area (Å²) in [6, 6.07) is 0.412. The van der Waals surface area contributed by atoms with Gasteiger partial charge in [-0.25, -0.2) is 0 Å². The number of amides is 1. The van der Waals surface area contributed by atoms with Gasteiger partial charge in [0.25, 0.3) is 0 Å². The fourth-order valence-corrected chi connectivity index (χ4v) is 1.13. The molecule has 0 aromatic heterocycles. The predicted octanol–water partition coefficient (Wildman–Crippen LogP) is 0.250. The smallest absolute Gasteiger partial charge is 0.231 e. The molecule has 1 atom stereocenters. The van der Waals surface area contributed by atoms with Gasteiger partial charge < -0.3 is 11.1 Å². The maximum Gasteiger partial charge on any atom is 0.231 e. The summed E-state index contributed by atoms with van der Waals surface area (Å²) in [7, 11) is 0. The summed E-state index contributed by atoms with van der Waals surface area (Å²) >= 11 is 0. The zero-order chi connectivity index (χ0) is 8.48. The molecule has 1 aliphatic carbocycles. The van der Waals surface area contributed by atoms with Crippen LogP contribution in [0.15, 0.2) is 0 Å². The second-order valence-electron chi connectivity index (χ2n) is 3.72. The fourth-order valence-electron chi connectivity index (χ4n) is 1.13. The molecule has 0 aromatic rings. The van der Waals surface area contributed by atoms with Crippen molar-refractivity contribution >= 4 is 5.91 Å². The molecule has 1 amide bonds. The Bertz CT molecular complexity index is 163. The molecule has 3 N–H and O–H groups in total. The maximum absolute atomic E-state index is 10.4. The molecular weight excluding hydrogens is 140 g/mol. The van der Waals surface area contributed by atoms with Gasteiger partial charge in [-0.1, -0.05) is 6.92 Å². The summed E-state index contributed by atoms with van der Waals surface area (Å²) in [5.74, 6) is -0.277. The Labute approximate surface area is 67.3 Å². The third-order valence-corrected chi connectivity index (χ3v) is 2.67. The molecule has 0 radical (unpaired) electrons. The topological polar surface area (TPSA) is 55.1 Å². The Kier molecular flexibility index (Phi) is 2.18. The van der Waals surface area contributed by atoms with E-state index in [1.165, 1.54) is 12.8 Å². The Morgan fingerprint density at radius 2 is 2.27 bits per heavy atom. The van der Waals surface area contributed by atoms with Crippen molar-refractivity contribution in [2.75, 3.05) is 6.54 Å². The molecule has 1 rings (SSSR count). The third-order valence-electron chi connectivity index (χ3n) is 2.67. The second kappa shape index (κ2) is 2.81. The summed E-state index contributed by atoms with van der Waals surface area (Å²) in [6.07, 6.45) is 2.53. The molecular formula is C8H16N2O. The number of rotatable bonds is 4. The Hall–Kier alpha value is -0.570. The first-order valence-corrected chi connectivity index (χ1v) is 4.06. The van der Waals surface area contributed by atoms with Crippen LogP contribution in [-0.4, -0.2) is 18.5 Å². The zero-order valence-corrected chi connectivity index (χ0v) is 7.18. The monoisotopic (exact) mass is 156 g/mol. The van der Waals surface area contributed by atoms with Crippen LogP contribution in [0.3, 0.4) is 0 Å². The van der Waals surface area contributed by atoms with E-state index >= 15 is 0 Å². The van der Waals surface area contributed by atoms with Crippen LogP contribution in [-0.2, 0) is 4.79 Å². The van der Waals surface area contributed by atoms with E-state index in [-0.39, 0.29) is 5.91 Å². The van der Waals surface area contributed by atoms with Gasteiger partial charge in [-0.05, 0) is 25.2 Å². The lowest BCUT2D eigenvalue weighted by Gasteiger charge is -2.19. The van der Waals surface area contributed by atoms with Crippen LogP contribution in [0.1, 0.15) is 26.7 Å². The van der Waals surface area contributed by atoms with Crippen molar-refractivity contribution in [1.29, 1.82) is 0 Å². The van der Waals surface area contributed by atoms with Gasteiger partial charge in [0.1, 0.15) is 0 Å². The van der Waals surface area contributed by atoms with Gasteiger partial charge in [0.2, 0.25) is 5.91 Å². The molecule has 0 saturated heterocycles. The van der Waals surface area contributed by atoms with Crippen LogP contribution >= 0.6 is 0 Å². The van der Waals surface area contributed by atoms with E-state index in [2.05, 4.69) is 19.2 Å². The van der Waals surface area contributed by atoms with Gasteiger partial charge in [0, 0.05) is 6.04 Å². The summed E-state index contributed by atoms with van der Waals surface area (Å²) in [6.45, 7) is 4.64. The van der Waals surface area contributed by atoms with Crippen molar-refractivity contribution < 1.29 is 4.79 Å². The number of hydrogen-bond donors (Lipinski definition) is 2. The lowest BCUT2D eigenvalue weighted by atomic mass is 10.0. The third kappa shape index (κ3) is 2.19. The summed E-state index contributed by atoms with van der Waals surface area (Å²) in [5, 5.41) is 3.11. The highest BCUT2D eigenvalue weighted by molar-refractivity contribution is 5.75. The van der Waals surface area contributed by atoms with Crippen LogP contribution in [0.5, 0.6) is 0 Å². The Balaban J connectivity index is 2.21. The minimum Gasteiger partial charge on any atom is -0.369 e. The number of carbonyl (C=O) groups is 1. The highest BCUT2D eigenvalue weighted by Gasteiger charge is 2.42. The van der Waals surface area contributed by atoms with E-state index in [9.17, 15) is 4.79 Å². The molecule has 1 fully saturated rings. The molecule has 64 valence electrons. The van der Waals surface area contributed by atoms with E-state index in [1.807, 2.05) is 0 Å². The Morgan fingerprint density at radius 3 is 2.64 bits per heavy atom. The van der Waals surface area contributed by atoms with E-state index in [4.69, 9.17) is 5.73 Å². The molecule has 3 heteroatoms. The molecule has 3 nitrogen and oxygen atoms in total. The van der Waals surface area contributed by atoms with Crippen molar-refractivity contribution in [3.05, 3.63) is 0 Å². The fraction of sp³-hybridized carbons (Fsp3) is 0.875. The second-order valence-corrected chi connectivity index (χ2v) is 3.72. The normalized spacial score (nSPS) is 22.7. The summed E-state index contributed by atoms with van der Waals surface area (Å²) in [5.41, 5.74) is 5.43. The average molecular weight is 156 g/mol. The summed E-state index contributed by atoms with van der Waals surface area (Å²) in [4.78, 5) is 10.4. The van der Waals surface area contributed by atoms with Crippen molar-refractivity contribution in [3.8, 4) is 0 Å². The van der Waals surface area contributed by atoms with Crippen molar-refractivity contribution in [1.82, 2.24) is 5.32 Å². The van der Waals surface area contributed by atoms with Crippen molar-refractivity contribution in [2.45, 2.75) is 32.7 Å². The minimum absolute atomic E-state index is 0.277. The van der Waals surface area contributed by atoms with Gasteiger partial charge in [-0.3, -0.25) is 4.79 Å². The lowest BCUT2D eigenvalue weighted by molar-refractivity contribution is -0.117. The average Bonchev–Trinajstić information content (AvgIpc) is 2.64. The first-order valence-electron chi connectivity index (χ1n) is 4.06. The number of nitrogens with one attached hydrogen (secondary N) is 1. The molecule has 11 heavy (non-hydrogen) atoms. The molecule has 0 aromatic carbocycles. The molecule has 0 aliphatic heterocycles. The first kappa shape index (κ1) is 8.53. The molecule has 1 unspecified atom stereocenters. The molecule has 0 heterocycles.